The van der Waals surface area contributed by atoms with Gasteiger partial charge in [0.2, 0.25) is 0 Å². The third-order valence-corrected chi connectivity index (χ3v) is 3.31. The molecule has 1 aromatic carbocycles. The van der Waals surface area contributed by atoms with Crippen LogP contribution < -0.4 is 15.8 Å². The Bertz CT molecular complexity index is 492. The van der Waals surface area contributed by atoms with Gasteiger partial charge in [0.05, 0.1) is 12.6 Å². The first kappa shape index (κ1) is 14.4. The average molecular weight is 273 g/mol. The first-order valence-electron chi connectivity index (χ1n) is 7.08. The minimum atomic E-state index is 0.374. The molecule has 4 nitrogen and oxygen atoms in total. The van der Waals surface area contributed by atoms with Gasteiger partial charge in [0.25, 0.3) is 0 Å². The second-order valence-corrected chi connectivity index (χ2v) is 5.29. The third-order valence-electron chi connectivity index (χ3n) is 3.31. The maximum atomic E-state index is 5.97. The molecule has 0 radical (unpaired) electrons. The van der Waals surface area contributed by atoms with Crippen molar-refractivity contribution in [3.63, 3.8) is 0 Å². The lowest BCUT2D eigenvalue weighted by atomic mass is 9.96. The molecule has 1 aliphatic rings. The molecular formula is C16H23N3O. The van der Waals surface area contributed by atoms with Crippen LogP contribution in [0.4, 0.5) is 0 Å². The molecule has 0 saturated heterocycles. The first-order valence-corrected chi connectivity index (χ1v) is 7.08. The Hall–Kier alpha value is -1.97. The number of ether oxygens (including phenoxy) is 1. The molecule has 0 bridgehead atoms. The summed E-state index contributed by atoms with van der Waals surface area (Å²) in [4.78, 5) is 4.34. The van der Waals surface area contributed by atoms with E-state index in [0.29, 0.717) is 25.2 Å². The summed E-state index contributed by atoms with van der Waals surface area (Å²) in [5, 5.41) is 3.02. The lowest BCUT2D eigenvalue weighted by molar-refractivity contribution is 0.119. The molecule has 4 heteroatoms. The molecule has 0 spiro atoms. The van der Waals surface area contributed by atoms with Crippen LogP contribution in [0.3, 0.4) is 0 Å². The Labute approximate surface area is 120 Å². The Morgan fingerprint density at radius 1 is 1.45 bits per heavy atom. The van der Waals surface area contributed by atoms with E-state index in [4.69, 9.17) is 10.5 Å². The number of guanidine groups is 1. The smallest absolute Gasteiger partial charge is 0.189 e. The van der Waals surface area contributed by atoms with Gasteiger partial charge in [-0.2, -0.15) is 0 Å². The van der Waals surface area contributed by atoms with Crippen molar-refractivity contribution in [3.8, 4) is 5.75 Å². The van der Waals surface area contributed by atoms with E-state index in [0.717, 1.165) is 29.7 Å². The SMILES string of the molecule is C=C(C)CNC(N)=NCc1ccccc1OC1CCC1. The Morgan fingerprint density at radius 2 is 2.20 bits per heavy atom. The molecule has 0 atom stereocenters. The number of nitrogens with zero attached hydrogens (tertiary/aromatic N) is 1. The van der Waals surface area contributed by atoms with Crippen molar-refractivity contribution >= 4 is 5.96 Å². The number of nitrogens with one attached hydrogen (secondary N) is 1. The predicted octanol–water partition coefficient (Wildman–Crippen LogP) is 2.60. The molecule has 0 amide bonds. The van der Waals surface area contributed by atoms with Crippen LogP contribution in [0, 0.1) is 0 Å². The summed E-state index contributed by atoms with van der Waals surface area (Å²) in [6, 6.07) is 8.02. The summed E-state index contributed by atoms with van der Waals surface area (Å²) in [6.45, 7) is 6.94. The van der Waals surface area contributed by atoms with Crippen LogP contribution in [-0.2, 0) is 6.54 Å². The van der Waals surface area contributed by atoms with E-state index in [1.807, 2.05) is 31.2 Å². The van der Waals surface area contributed by atoms with E-state index < -0.39 is 0 Å². The quantitative estimate of drug-likeness (QED) is 0.476. The van der Waals surface area contributed by atoms with E-state index in [1.54, 1.807) is 0 Å². The topological polar surface area (TPSA) is 59.6 Å². The van der Waals surface area contributed by atoms with Crippen LogP contribution in [0.5, 0.6) is 5.75 Å². The summed E-state index contributed by atoms with van der Waals surface area (Å²) in [7, 11) is 0. The highest BCUT2D eigenvalue weighted by molar-refractivity contribution is 5.78. The van der Waals surface area contributed by atoms with Crippen LogP contribution in [0.15, 0.2) is 41.4 Å². The largest absolute Gasteiger partial charge is 0.490 e. The summed E-state index contributed by atoms with van der Waals surface area (Å²) >= 11 is 0. The molecule has 0 heterocycles. The van der Waals surface area contributed by atoms with Crippen molar-refractivity contribution in [2.24, 2.45) is 10.7 Å². The van der Waals surface area contributed by atoms with Gasteiger partial charge in [-0.05, 0) is 32.3 Å². The molecule has 1 aromatic rings. The summed E-state index contributed by atoms with van der Waals surface area (Å²) in [5.41, 5.74) is 7.91. The highest BCUT2D eigenvalue weighted by Crippen LogP contribution is 2.27. The van der Waals surface area contributed by atoms with Gasteiger partial charge in [-0.3, -0.25) is 0 Å². The number of aliphatic imine (C=N–C) groups is 1. The molecule has 3 N–H and O–H groups in total. The molecular weight excluding hydrogens is 250 g/mol. The molecule has 1 fully saturated rings. The van der Waals surface area contributed by atoms with Gasteiger partial charge in [-0.25, -0.2) is 4.99 Å². The van der Waals surface area contributed by atoms with Gasteiger partial charge in [0.1, 0.15) is 5.75 Å². The first-order chi connectivity index (χ1) is 9.65. The molecule has 1 saturated carbocycles. The van der Waals surface area contributed by atoms with Crippen LogP contribution in [0.1, 0.15) is 31.7 Å². The van der Waals surface area contributed by atoms with E-state index in [2.05, 4.69) is 16.9 Å². The van der Waals surface area contributed by atoms with Crippen molar-refractivity contribution in [3.05, 3.63) is 42.0 Å². The van der Waals surface area contributed by atoms with E-state index in [9.17, 15) is 0 Å². The molecule has 0 unspecified atom stereocenters. The van der Waals surface area contributed by atoms with Gasteiger partial charge < -0.3 is 15.8 Å². The minimum absolute atomic E-state index is 0.374. The predicted molar refractivity (Wildman–Crippen MR) is 82.9 cm³/mol. The van der Waals surface area contributed by atoms with Crippen LogP contribution in [-0.4, -0.2) is 18.6 Å². The van der Waals surface area contributed by atoms with Gasteiger partial charge in [0, 0.05) is 12.1 Å². The molecule has 0 aliphatic heterocycles. The van der Waals surface area contributed by atoms with Gasteiger partial charge in [0.15, 0.2) is 5.96 Å². The Balaban J connectivity index is 1.94. The molecule has 108 valence electrons. The number of benzene rings is 1. The summed E-state index contributed by atoms with van der Waals surface area (Å²) in [5.74, 6) is 1.36. The minimum Gasteiger partial charge on any atom is -0.490 e. The van der Waals surface area contributed by atoms with E-state index >= 15 is 0 Å². The zero-order valence-corrected chi connectivity index (χ0v) is 12.1. The second-order valence-electron chi connectivity index (χ2n) is 5.29. The number of hydrogen-bond acceptors (Lipinski definition) is 2. The zero-order valence-electron chi connectivity index (χ0n) is 12.1. The van der Waals surface area contributed by atoms with Crippen molar-refractivity contribution in [2.45, 2.75) is 38.8 Å². The van der Waals surface area contributed by atoms with Crippen LogP contribution in [0.2, 0.25) is 0 Å². The maximum Gasteiger partial charge on any atom is 0.189 e. The zero-order chi connectivity index (χ0) is 14.4. The number of rotatable bonds is 6. The lowest BCUT2D eigenvalue weighted by Crippen LogP contribution is -2.32. The molecule has 0 aromatic heterocycles. The molecule has 20 heavy (non-hydrogen) atoms. The highest BCUT2D eigenvalue weighted by Gasteiger charge is 2.19. The van der Waals surface area contributed by atoms with Crippen molar-refractivity contribution in [1.29, 1.82) is 0 Å². The maximum absolute atomic E-state index is 5.97. The standard InChI is InChI=1S/C16H23N3O/c1-12(2)10-18-16(17)19-11-13-6-3-4-9-15(13)20-14-7-5-8-14/h3-4,6,9,14H,1,5,7-8,10-11H2,2H3,(H3,17,18,19). The number of nitrogens with two attached hydrogens (primary N) is 1. The molecule has 2 rings (SSSR count). The fourth-order valence-electron chi connectivity index (χ4n) is 1.89. The normalized spacial score (nSPS) is 15.6. The van der Waals surface area contributed by atoms with Crippen molar-refractivity contribution in [2.75, 3.05) is 6.54 Å². The van der Waals surface area contributed by atoms with Gasteiger partial charge in [-0.1, -0.05) is 30.4 Å². The monoisotopic (exact) mass is 273 g/mol. The van der Waals surface area contributed by atoms with E-state index in [1.165, 1.54) is 6.42 Å². The Morgan fingerprint density at radius 3 is 2.85 bits per heavy atom. The number of hydrogen-bond donors (Lipinski definition) is 2. The van der Waals surface area contributed by atoms with Gasteiger partial charge in [-0.15, -0.1) is 0 Å². The van der Waals surface area contributed by atoms with E-state index in [-0.39, 0.29) is 0 Å². The summed E-state index contributed by atoms with van der Waals surface area (Å²) < 4.78 is 5.97. The molecule has 1 aliphatic carbocycles. The average Bonchev–Trinajstić information content (AvgIpc) is 2.39. The van der Waals surface area contributed by atoms with Gasteiger partial charge >= 0.3 is 0 Å². The number of para-hydroxylation sites is 1. The highest BCUT2D eigenvalue weighted by atomic mass is 16.5. The van der Waals surface area contributed by atoms with Crippen molar-refractivity contribution < 1.29 is 4.74 Å². The summed E-state index contributed by atoms with van der Waals surface area (Å²) in [6.07, 6.45) is 3.95. The lowest BCUT2D eigenvalue weighted by Gasteiger charge is -2.27. The van der Waals surface area contributed by atoms with Crippen molar-refractivity contribution in [1.82, 2.24) is 5.32 Å². The van der Waals surface area contributed by atoms with Crippen LogP contribution >= 0.6 is 0 Å². The fourth-order valence-corrected chi connectivity index (χ4v) is 1.89. The Kier molecular flexibility index (Phi) is 5.04. The van der Waals surface area contributed by atoms with Crippen LogP contribution in [0.25, 0.3) is 0 Å². The fraction of sp³-hybridized carbons (Fsp3) is 0.438. The second kappa shape index (κ2) is 6.98. The third kappa shape index (κ3) is 4.30.